The second-order valence-electron chi connectivity index (χ2n) is 5.99. The molecule has 1 atom stereocenters. The van der Waals surface area contributed by atoms with E-state index in [1.165, 1.54) is 5.56 Å². The number of halogens is 1. The topological polar surface area (TPSA) is 18.5 Å². The van der Waals surface area contributed by atoms with Crippen LogP contribution in [-0.4, -0.2) is 13.2 Å². The van der Waals surface area contributed by atoms with Crippen molar-refractivity contribution in [1.82, 2.24) is 0 Å². The molecule has 1 aliphatic rings. The van der Waals surface area contributed by atoms with Crippen molar-refractivity contribution >= 4 is 15.9 Å². The second kappa shape index (κ2) is 5.52. The van der Waals surface area contributed by atoms with Gasteiger partial charge in [0.05, 0.1) is 13.2 Å². The smallest absolute Gasteiger partial charge is 0.161 e. The number of hydrogen-bond donors (Lipinski definition) is 0. The zero-order chi connectivity index (χ0) is 13.2. The first-order valence-electron chi connectivity index (χ1n) is 6.49. The van der Waals surface area contributed by atoms with Gasteiger partial charge < -0.3 is 9.47 Å². The molecule has 1 aromatic rings. The fraction of sp³-hybridized carbons (Fsp3) is 0.600. The lowest BCUT2D eigenvalue weighted by Crippen LogP contribution is -2.08. The maximum absolute atomic E-state index is 5.72. The van der Waals surface area contributed by atoms with E-state index in [0.717, 1.165) is 37.6 Å². The van der Waals surface area contributed by atoms with E-state index < -0.39 is 0 Å². The number of fused-ring (bicyclic) bond motifs is 1. The molecule has 0 radical (unpaired) electrons. The number of hydrogen-bond acceptors (Lipinski definition) is 2. The van der Waals surface area contributed by atoms with E-state index in [1.807, 2.05) is 6.07 Å². The van der Waals surface area contributed by atoms with Gasteiger partial charge in [0, 0.05) is 11.2 Å². The van der Waals surface area contributed by atoms with E-state index in [2.05, 4.69) is 48.8 Å². The lowest BCUT2D eigenvalue weighted by molar-refractivity contribution is 0.297. The highest BCUT2D eigenvalue weighted by Gasteiger charge is 2.20. The molecular weight excluding hydrogens is 292 g/mol. The molecule has 0 aliphatic carbocycles. The molecule has 3 heteroatoms. The van der Waals surface area contributed by atoms with Crippen LogP contribution in [0.15, 0.2) is 18.2 Å². The summed E-state index contributed by atoms with van der Waals surface area (Å²) in [5.41, 5.74) is 1.56. The first kappa shape index (κ1) is 13.7. The Bertz CT molecular complexity index is 409. The minimum Gasteiger partial charge on any atom is -0.490 e. The van der Waals surface area contributed by atoms with Crippen molar-refractivity contribution in [2.24, 2.45) is 5.41 Å². The Morgan fingerprint density at radius 1 is 1.17 bits per heavy atom. The standard InChI is InChI=1S/C15H21BrO2/c1-15(2,3)10-12(16)11-5-6-13-14(9-11)18-8-4-7-17-13/h5-6,9,12H,4,7-8,10H2,1-3H3. The monoisotopic (exact) mass is 312 g/mol. The van der Waals surface area contributed by atoms with Crippen molar-refractivity contribution in [3.05, 3.63) is 23.8 Å². The molecule has 18 heavy (non-hydrogen) atoms. The predicted molar refractivity (Wildman–Crippen MR) is 77.8 cm³/mol. The van der Waals surface area contributed by atoms with Gasteiger partial charge in [-0.05, 0) is 29.5 Å². The summed E-state index contributed by atoms with van der Waals surface area (Å²) in [6.45, 7) is 8.24. The molecule has 0 bridgehead atoms. The predicted octanol–water partition coefficient (Wildman–Crippen LogP) is 4.72. The maximum atomic E-state index is 5.72. The van der Waals surface area contributed by atoms with Crippen LogP contribution in [0.3, 0.4) is 0 Å². The second-order valence-corrected chi connectivity index (χ2v) is 7.09. The Hall–Kier alpha value is -0.700. The lowest BCUT2D eigenvalue weighted by Gasteiger charge is -2.22. The molecule has 0 saturated heterocycles. The van der Waals surface area contributed by atoms with Gasteiger partial charge in [0.2, 0.25) is 0 Å². The number of benzene rings is 1. The van der Waals surface area contributed by atoms with Crippen LogP contribution in [0.1, 0.15) is 44.0 Å². The average molecular weight is 313 g/mol. The normalized spacial score (nSPS) is 17.1. The lowest BCUT2D eigenvalue weighted by atomic mass is 9.88. The minimum absolute atomic E-state index is 0.304. The molecule has 1 aromatic carbocycles. The van der Waals surface area contributed by atoms with Gasteiger partial charge in [-0.2, -0.15) is 0 Å². The number of ether oxygens (including phenoxy) is 2. The van der Waals surface area contributed by atoms with Crippen molar-refractivity contribution in [2.75, 3.05) is 13.2 Å². The van der Waals surface area contributed by atoms with Crippen LogP contribution in [0.5, 0.6) is 11.5 Å². The molecular formula is C15H21BrO2. The molecule has 0 saturated carbocycles. The Labute approximate surface area is 118 Å². The van der Waals surface area contributed by atoms with Crippen LogP contribution in [-0.2, 0) is 0 Å². The van der Waals surface area contributed by atoms with E-state index in [-0.39, 0.29) is 0 Å². The van der Waals surface area contributed by atoms with Gasteiger partial charge in [0.25, 0.3) is 0 Å². The third-order valence-electron chi connectivity index (χ3n) is 2.92. The Balaban J connectivity index is 2.17. The first-order valence-corrected chi connectivity index (χ1v) is 7.41. The third-order valence-corrected chi connectivity index (χ3v) is 3.78. The Kier molecular flexibility index (Phi) is 4.21. The zero-order valence-corrected chi connectivity index (χ0v) is 12.9. The van der Waals surface area contributed by atoms with Crippen LogP contribution in [0.25, 0.3) is 0 Å². The van der Waals surface area contributed by atoms with Gasteiger partial charge in [-0.3, -0.25) is 0 Å². The van der Waals surface area contributed by atoms with Gasteiger partial charge in [-0.1, -0.05) is 42.8 Å². The van der Waals surface area contributed by atoms with Gasteiger partial charge in [-0.25, -0.2) is 0 Å². The summed E-state index contributed by atoms with van der Waals surface area (Å²) in [7, 11) is 0. The molecule has 100 valence electrons. The van der Waals surface area contributed by atoms with Crippen molar-refractivity contribution in [3.8, 4) is 11.5 Å². The zero-order valence-electron chi connectivity index (χ0n) is 11.3. The fourth-order valence-electron chi connectivity index (χ4n) is 2.03. The summed E-state index contributed by atoms with van der Waals surface area (Å²) >= 11 is 3.77. The van der Waals surface area contributed by atoms with Crippen LogP contribution in [0, 0.1) is 5.41 Å². The Morgan fingerprint density at radius 3 is 2.50 bits per heavy atom. The van der Waals surface area contributed by atoms with E-state index in [4.69, 9.17) is 9.47 Å². The summed E-state index contributed by atoms with van der Waals surface area (Å²) in [5.74, 6) is 1.75. The molecule has 2 rings (SSSR count). The molecule has 0 N–H and O–H groups in total. The van der Waals surface area contributed by atoms with Crippen LogP contribution in [0.2, 0.25) is 0 Å². The first-order chi connectivity index (χ1) is 8.46. The van der Waals surface area contributed by atoms with Crippen molar-refractivity contribution < 1.29 is 9.47 Å². The van der Waals surface area contributed by atoms with E-state index in [0.29, 0.717) is 10.2 Å². The van der Waals surface area contributed by atoms with Crippen LogP contribution >= 0.6 is 15.9 Å². The van der Waals surface area contributed by atoms with Crippen molar-refractivity contribution in [3.63, 3.8) is 0 Å². The molecule has 1 heterocycles. The third kappa shape index (κ3) is 3.64. The van der Waals surface area contributed by atoms with E-state index in [9.17, 15) is 0 Å². The molecule has 1 aliphatic heterocycles. The summed E-state index contributed by atoms with van der Waals surface area (Å²) < 4.78 is 11.4. The van der Waals surface area contributed by atoms with E-state index >= 15 is 0 Å². The van der Waals surface area contributed by atoms with E-state index in [1.54, 1.807) is 0 Å². The molecule has 0 amide bonds. The summed E-state index contributed by atoms with van der Waals surface area (Å²) in [6, 6.07) is 6.25. The molecule has 0 spiro atoms. The highest BCUT2D eigenvalue weighted by atomic mass is 79.9. The Morgan fingerprint density at radius 2 is 1.83 bits per heavy atom. The van der Waals surface area contributed by atoms with Gasteiger partial charge in [0.1, 0.15) is 0 Å². The minimum atomic E-state index is 0.304. The largest absolute Gasteiger partial charge is 0.490 e. The number of alkyl halides is 1. The van der Waals surface area contributed by atoms with Crippen molar-refractivity contribution in [2.45, 2.75) is 38.4 Å². The highest BCUT2D eigenvalue weighted by molar-refractivity contribution is 9.09. The van der Waals surface area contributed by atoms with Crippen LogP contribution in [0.4, 0.5) is 0 Å². The SMILES string of the molecule is CC(C)(C)CC(Br)c1ccc2c(c1)OCCCO2. The molecule has 1 unspecified atom stereocenters. The maximum Gasteiger partial charge on any atom is 0.161 e. The number of rotatable bonds is 2. The summed E-state index contributed by atoms with van der Waals surface area (Å²) in [5, 5.41) is 0. The summed E-state index contributed by atoms with van der Waals surface area (Å²) in [6.07, 6.45) is 2.04. The molecule has 0 aromatic heterocycles. The quantitative estimate of drug-likeness (QED) is 0.736. The summed E-state index contributed by atoms with van der Waals surface area (Å²) in [4.78, 5) is 0.356. The fourth-order valence-corrected chi connectivity index (χ4v) is 3.29. The highest BCUT2D eigenvalue weighted by Crippen LogP contribution is 2.39. The van der Waals surface area contributed by atoms with Crippen molar-refractivity contribution in [1.29, 1.82) is 0 Å². The average Bonchev–Trinajstić information content (AvgIpc) is 2.50. The van der Waals surface area contributed by atoms with Gasteiger partial charge in [-0.15, -0.1) is 0 Å². The van der Waals surface area contributed by atoms with Crippen LogP contribution < -0.4 is 9.47 Å². The molecule has 0 fully saturated rings. The molecule has 2 nitrogen and oxygen atoms in total. The van der Waals surface area contributed by atoms with Gasteiger partial charge in [0.15, 0.2) is 11.5 Å². The van der Waals surface area contributed by atoms with Gasteiger partial charge >= 0.3 is 0 Å².